The van der Waals surface area contributed by atoms with E-state index >= 15 is 0 Å². The molecule has 19 heavy (non-hydrogen) atoms. The molecule has 1 fully saturated rings. The molecule has 0 radical (unpaired) electrons. The molecule has 0 spiro atoms. The van der Waals surface area contributed by atoms with Crippen molar-refractivity contribution in [3.05, 3.63) is 35.6 Å². The van der Waals surface area contributed by atoms with Gasteiger partial charge < -0.3 is 4.74 Å². The van der Waals surface area contributed by atoms with E-state index in [1.165, 1.54) is 18.6 Å². The third kappa shape index (κ3) is 4.11. The molecule has 1 heterocycles. The Labute approximate surface area is 113 Å². The second-order valence-electron chi connectivity index (χ2n) is 5.09. The average Bonchev–Trinajstić information content (AvgIpc) is 2.40. The van der Waals surface area contributed by atoms with Crippen LogP contribution in [-0.4, -0.2) is 43.5 Å². The molecule has 1 unspecified atom stereocenters. The Morgan fingerprint density at radius 2 is 2.21 bits per heavy atom. The zero-order valence-corrected chi connectivity index (χ0v) is 11.3. The molecule has 1 aromatic carbocycles. The zero-order valence-electron chi connectivity index (χ0n) is 11.3. The van der Waals surface area contributed by atoms with Crippen LogP contribution < -0.4 is 0 Å². The number of rotatable bonds is 5. The van der Waals surface area contributed by atoms with Crippen molar-refractivity contribution in [2.75, 3.05) is 26.7 Å². The van der Waals surface area contributed by atoms with Crippen LogP contribution >= 0.6 is 0 Å². The summed E-state index contributed by atoms with van der Waals surface area (Å²) in [6.07, 6.45) is 3.54. The van der Waals surface area contributed by atoms with E-state index < -0.39 is 5.82 Å². The average molecular weight is 265 g/mol. The highest BCUT2D eigenvalue weighted by molar-refractivity contribution is 5.97. The predicted octanol–water partition coefficient (Wildman–Crippen LogP) is 2.51. The second kappa shape index (κ2) is 6.78. The van der Waals surface area contributed by atoms with Gasteiger partial charge in [0.05, 0.1) is 18.2 Å². The molecule has 0 amide bonds. The molecule has 1 aliphatic heterocycles. The van der Waals surface area contributed by atoms with E-state index in [1.807, 2.05) is 11.9 Å². The number of likely N-dealkylation sites (N-methyl/N-ethyl adjacent to an activating group) is 1. The van der Waals surface area contributed by atoms with Crippen LogP contribution in [0.5, 0.6) is 0 Å². The van der Waals surface area contributed by atoms with Crippen molar-refractivity contribution in [1.82, 2.24) is 4.90 Å². The highest BCUT2D eigenvalue weighted by Gasteiger charge is 2.18. The summed E-state index contributed by atoms with van der Waals surface area (Å²) in [6.45, 7) is 1.75. The van der Waals surface area contributed by atoms with Crippen molar-refractivity contribution in [2.45, 2.75) is 25.4 Å². The van der Waals surface area contributed by atoms with Gasteiger partial charge in [-0.1, -0.05) is 12.1 Å². The Kier molecular flexibility index (Phi) is 5.05. The van der Waals surface area contributed by atoms with Gasteiger partial charge in [0.25, 0.3) is 0 Å². The molecule has 1 aromatic rings. The Hall–Kier alpha value is -1.26. The molecular formula is C15H20FNO2. The number of benzene rings is 1. The third-order valence-electron chi connectivity index (χ3n) is 3.38. The highest BCUT2D eigenvalue weighted by Crippen LogP contribution is 2.14. The van der Waals surface area contributed by atoms with E-state index in [-0.39, 0.29) is 24.0 Å². The molecule has 0 N–H and O–H groups in total. The first-order valence-corrected chi connectivity index (χ1v) is 6.74. The molecule has 1 aliphatic rings. The predicted molar refractivity (Wildman–Crippen MR) is 71.8 cm³/mol. The summed E-state index contributed by atoms with van der Waals surface area (Å²) in [6, 6.07) is 6.12. The van der Waals surface area contributed by atoms with Crippen molar-refractivity contribution in [3.63, 3.8) is 0 Å². The maximum absolute atomic E-state index is 13.5. The minimum atomic E-state index is -0.449. The number of nitrogens with zero attached hydrogens (tertiary/aromatic N) is 1. The summed E-state index contributed by atoms with van der Waals surface area (Å²) in [5.41, 5.74) is 0.166. The summed E-state index contributed by atoms with van der Waals surface area (Å²) in [5.74, 6) is -0.633. The monoisotopic (exact) mass is 265 g/mol. The lowest BCUT2D eigenvalue weighted by Gasteiger charge is -2.27. The van der Waals surface area contributed by atoms with Crippen molar-refractivity contribution in [1.29, 1.82) is 0 Å². The van der Waals surface area contributed by atoms with Crippen molar-refractivity contribution >= 4 is 5.78 Å². The topological polar surface area (TPSA) is 29.5 Å². The highest BCUT2D eigenvalue weighted by atomic mass is 19.1. The van der Waals surface area contributed by atoms with Crippen LogP contribution in [0.4, 0.5) is 4.39 Å². The van der Waals surface area contributed by atoms with Crippen molar-refractivity contribution < 1.29 is 13.9 Å². The summed E-state index contributed by atoms with van der Waals surface area (Å²) in [4.78, 5) is 13.9. The van der Waals surface area contributed by atoms with Gasteiger partial charge in [-0.15, -0.1) is 0 Å². The normalized spacial score (nSPS) is 19.6. The lowest BCUT2D eigenvalue weighted by Crippen LogP contribution is -2.36. The fourth-order valence-electron chi connectivity index (χ4n) is 2.38. The molecule has 4 heteroatoms. The smallest absolute Gasteiger partial charge is 0.179 e. The first kappa shape index (κ1) is 14.2. The third-order valence-corrected chi connectivity index (χ3v) is 3.38. The molecule has 104 valence electrons. The number of carbonyl (C=O) groups is 1. The van der Waals surface area contributed by atoms with E-state index in [0.29, 0.717) is 0 Å². The SMILES string of the molecule is CN(CC(=O)c1ccccc1F)CC1CCCCO1. The first-order chi connectivity index (χ1) is 9.16. The molecule has 3 nitrogen and oxygen atoms in total. The van der Waals surface area contributed by atoms with Gasteiger partial charge in [0.1, 0.15) is 5.82 Å². The Bertz CT molecular complexity index is 430. The molecule has 0 aliphatic carbocycles. The number of halogens is 1. The summed E-state index contributed by atoms with van der Waals surface area (Å²) < 4.78 is 19.1. The van der Waals surface area contributed by atoms with Gasteiger partial charge in [0, 0.05) is 13.2 Å². The number of hydrogen-bond acceptors (Lipinski definition) is 3. The maximum atomic E-state index is 13.5. The van der Waals surface area contributed by atoms with Crippen molar-refractivity contribution in [2.24, 2.45) is 0 Å². The zero-order chi connectivity index (χ0) is 13.7. The quantitative estimate of drug-likeness (QED) is 0.766. The fraction of sp³-hybridized carbons (Fsp3) is 0.533. The van der Waals surface area contributed by atoms with E-state index in [0.717, 1.165) is 26.0 Å². The van der Waals surface area contributed by atoms with E-state index in [9.17, 15) is 9.18 Å². The number of Topliss-reactive ketones (excluding diaryl/α,β-unsaturated/α-hetero) is 1. The number of hydrogen-bond donors (Lipinski definition) is 0. The minimum absolute atomic E-state index is 0.166. The molecule has 0 bridgehead atoms. The van der Waals surface area contributed by atoms with Gasteiger partial charge in [-0.3, -0.25) is 9.69 Å². The van der Waals surface area contributed by atoms with Crippen molar-refractivity contribution in [3.8, 4) is 0 Å². The first-order valence-electron chi connectivity index (χ1n) is 6.74. The summed E-state index contributed by atoms with van der Waals surface area (Å²) in [5, 5.41) is 0. The van der Waals surface area contributed by atoms with E-state index in [1.54, 1.807) is 12.1 Å². The van der Waals surface area contributed by atoms with Gasteiger partial charge in [-0.2, -0.15) is 0 Å². The van der Waals surface area contributed by atoms with Crippen LogP contribution in [0, 0.1) is 5.82 Å². The number of carbonyl (C=O) groups excluding carboxylic acids is 1. The van der Waals surface area contributed by atoms with Crippen LogP contribution in [0.2, 0.25) is 0 Å². The Balaban J connectivity index is 1.86. The van der Waals surface area contributed by atoms with Gasteiger partial charge in [0.2, 0.25) is 0 Å². The molecule has 2 rings (SSSR count). The van der Waals surface area contributed by atoms with Crippen LogP contribution in [0.3, 0.4) is 0 Å². The van der Waals surface area contributed by atoms with Crippen LogP contribution in [0.15, 0.2) is 24.3 Å². The van der Waals surface area contributed by atoms with Crippen LogP contribution in [0.25, 0.3) is 0 Å². The number of ether oxygens (including phenoxy) is 1. The molecule has 1 atom stereocenters. The Morgan fingerprint density at radius 3 is 2.89 bits per heavy atom. The standard InChI is InChI=1S/C15H20FNO2/c1-17(10-12-6-4-5-9-19-12)11-15(18)13-7-2-3-8-14(13)16/h2-3,7-8,12H,4-6,9-11H2,1H3. The maximum Gasteiger partial charge on any atom is 0.179 e. The molecule has 0 aromatic heterocycles. The fourth-order valence-corrected chi connectivity index (χ4v) is 2.38. The number of ketones is 1. The van der Waals surface area contributed by atoms with E-state index in [2.05, 4.69) is 0 Å². The Morgan fingerprint density at radius 1 is 1.42 bits per heavy atom. The van der Waals surface area contributed by atoms with Gasteiger partial charge in [-0.25, -0.2) is 4.39 Å². The molecule has 1 saturated heterocycles. The minimum Gasteiger partial charge on any atom is -0.377 e. The van der Waals surface area contributed by atoms with Gasteiger partial charge in [-0.05, 0) is 38.4 Å². The summed E-state index contributed by atoms with van der Waals surface area (Å²) in [7, 11) is 1.87. The van der Waals surface area contributed by atoms with E-state index in [4.69, 9.17) is 4.74 Å². The lowest BCUT2D eigenvalue weighted by molar-refractivity contribution is -0.000681. The lowest BCUT2D eigenvalue weighted by atomic mass is 10.1. The molecule has 0 saturated carbocycles. The van der Waals surface area contributed by atoms with Crippen LogP contribution in [-0.2, 0) is 4.74 Å². The largest absolute Gasteiger partial charge is 0.377 e. The molecular weight excluding hydrogens is 245 g/mol. The second-order valence-corrected chi connectivity index (χ2v) is 5.09. The summed E-state index contributed by atoms with van der Waals surface area (Å²) >= 11 is 0. The van der Waals surface area contributed by atoms with Crippen LogP contribution in [0.1, 0.15) is 29.6 Å². The van der Waals surface area contributed by atoms with Gasteiger partial charge in [0.15, 0.2) is 5.78 Å². The van der Waals surface area contributed by atoms with Gasteiger partial charge >= 0.3 is 0 Å².